The predicted molar refractivity (Wildman–Crippen MR) is 70.7 cm³/mol. The summed E-state index contributed by atoms with van der Waals surface area (Å²) in [5.74, 6) is -0.263. The van der Waals surface area contributed by atoms with E-state index in [4.69, 9.17) is 5.73 Å². The molecule has 0 spiro atoms. The highest BCUT2D eigenvalue weighted by Crippen LogP contribution is 2.33. The molecule has 1 aliphatic heterocycles. The van der Waals surface area contributed by atoms with E-state index in [-0.39, 0.29) is 5.82 Å². The van der Waals surface area contributed by atoms with Crippen molar-refractivity contribution in [2.24, 2.45) is 5.41 Å². The van der Waals surface area contributed by atoms with Crippen LogP contribution < -0.4 is 10.6 Å². The lowest BCUT2D eigenvalue weighted by Crippen LogP contribution is -2.25. The van der Waals surface area contributed by atoms with Crippen LogP contribution in [0.3, 0.4) is 0 Å². The minimum absolute atomic E-state index is 0.263. The van der Waals surface area contributed by atoms with E-state index in [1.165, 1.54) is 25.0 Å². The summed E-state index contributed by atoms with van der Waals surface area (Å²) in [6.07, 6.45) is 3.57. The predicted octanol–water partition coefficient (Wildman–Crippen LogP) is 3.42. The Morgan fingerprint density at radius 3 is 2.71 bits per heavy atom. The lowest BCUT2D eigenvalue weighted by molar-refractivity contribution is 0.325. The smallest absolute Gasteiger partial charge is 0.125 e. The molecular formula is C14H21FN2. The molecule has 0 bridgehead atoms. The van der Waals surface area contributed by atoms with Crippen LogP contribution in [0.1, 0.15) is 33.1 Å². The van der Waals surface area contributed by atoms with Gasteiger partial charge in [-0.2, -0.15) is 0 Å². The number of nitrogens with two attached hydrogens (primary N) is 1. The Balaban J connectivity index is 2.17. The van der Waals surface area contributed by atoms with Gasteiger partial charge in [-0.3, -0.25) is 0 Å². The minimum atomic E-state index is -0.263. The monoisotopic (exact) mass is 236 g/mol. The molecule has 94 valence electrons. The van der Waals surface area contributed by atoms with Crippen molar-refractivity contribution in [2.75, 3.05) is 23.7 Å². The van der Waals surface area contributed by atoms with E-state index >= 15 is 0 Å². The summed E-state index contributed by atoms with van der Waals surface area (Å²) in [7, 11) is 0. The van der Waals surface area contributed by atoms with Crippen molar-refractivity contribution in [1.29, 1.82) is 0 Å². The Morgan fingerprint density at radius 2 is 2.00 bits per heavy atom. The van der Waals surface area contributed by atoms with Crippen LogP contribution in [0.4, 0.5) is 15.8 Å². The molecule has 1 heterocycles. The summed E-state index contributed by atoms with van der Waals surface area (Å²) in [5.41, 5.74) is 7.82. The number of rotatable bonds is 1. The number of hydrogen-bond donors (Lipinski definition) is 1. The van der Waals surface area contributed by atoms with Gasteiger partial charge in [-0.1, -0.05) is 13.8 Å². The molecule has 1 aliphatic rings. The average molecular weight is 236 g/mol. The van der Waals surface area contributed by atoms with Crippen molar-refractivity contribution in [3.8, 4) is 0 Å². The number of anilines is 2. The van der Waals surface area contributed by atoms with Gasteiger partial charge in [0.25, 0.3) is 0 Å². The third-order valence-corrected chi connectivity index (χ3v) is 3.67. The van der Waals surface area contributed by atoms with E-state index in [0.717, 1.165) is 25.2 Å². The van der Waals surface area contributed by atoms with Gasteiger partial charge in [0.05, 0.1) is 11.4 Å². The molecule has 1 fully saturated rings. The molecule has 0 aliphatic carbocycles. The zero-order valence-electron chi connectivity index (χ0n) is 10.7. The molecule has 1 aromatic rings. The van der Waals surface area contributed by atoms with Crippen molar-refractivity contribution < 1.29 is 4.39 Å². The molecular weight excluding hydrogens is 215 g/mol. The van der Waals surface area contributed by atoms with Gasteiger partial charge in [0, 0.05) is 13.1 Å². The fourth-order valence-corrected chi connectivity index (χ4v) is 2.48. The average Bonchev–Trinajstić information content (AvgIpc) is 2.40. The summed E-state index contributed by atoms with van der Waals surface area (Å²) >= 11 is 0. The molecule has 0 unspecified atom stereocenters. The summed E-state index contributed by atoms with van der Waals surface area (Å²) in [5, 5.41) is 0. The summed E-state index contributed by atoms with van der Waals surface area (Å²) < 4.78 is 13.0. The van der Waals surface area contributed by atoms with Crippen LogP contribution in [-0.4, -0.2) is 13.1 Å². The molecule has 3 heteroatoms. The molecule has 2 N–H and O–H groups in total. The van der Waals surface area contributed by atoms with Crippen LogP contribution in [0.25, 0.3) is 0 Å². The standard InChI is InChI=1S/C14H21FN2/c1-14(2)6-3-8-17(9-7-14)13-5-4-11(15)10-12(13)16/h4-5,10H,3,6-9,16H2,1-2H3. The first-order chi connectivity index (χ1) is 7.98. The molecule has 0 amide bonds. The molecule has 2 rings (SSSR count). The molecule has 0 saturated carbocycles. The van der Waals surface area contributed by atoms with Crippen molar-refractivity contribution in [3.63, 3.8) is 0 Å². The first-order valence-corrected chi connectivity index (χ1v) is 6.28. The highest BCUT2D eigenvalue weighted by Gasteiger charge is 2.23. The lowest BCUT2D eigenvalue weighted by atomic mass is 9.85. The van der Waals surface area contributed by atoms with Crippen molar-refractivity contribution in [1.82, 2.24) is 0 Å². The normalized spacial score (nSPS) is 20.1. The van der Waals surface area contributed by atoms with Gasteiger partial charge >= 0.3 is 0 Å². The van der Waals surface area contributed by atoms with Crippen LogP contribution in [0.2, 0.25) is 0 Å². The molecule has 0 atom stereocenters. The van der Waals surface area contributed by atoms with Crippen molar-refractivity contribution >= 4 is 11.4 Å². The van der Waals surface area contributed by atoms with Crippen LogP contribution in [0.15, 0.2) is 18.2 Å². The second-order valence-corrected chi connectivity index (χ2v) is 5.71. The van der Waals surface area contributed by atoms with Gasteiger partial charge < -0.3 is 10.6 Å². The van der Waals surface area contributed by atoms with Crippen LogP contribution >= 0.6 is 0 Å². The maximum absolute atomic E-state index is 13.0. The number of halogens is 1. The van der Waals surface area contributed by atoms with E-state index in [1.807, 2.05) is 0 Å². The molecule has 1 aromatic carbocycles. The zero-order chi connectivity index (χ0) is 12.5. The van der Waals surface area contributed by atoms with Crippen LogP contribution in [-0.2, 0) is 0 Å². The van der Waals surface area contributed by atoms with Gasteiger partial charge in [0.15, 0.2) is 0 Å². The maximum atomic E-state index is 13.0. The number of hydrogen-bond acceptors (Lipinski definition) is 2. The van der Waals surface area contributed by atoms with E-state index in [2.05, 4.69) is 18.7 Å². The minimum Gasteiger partial charge on any atom is -0.397 e. The molecule has 2 nitrogen and oxygen atoms in total. The number of nitrogens with zero attached hydrogens (tertiary/aromatic N) is 1. The van der Waals surface area contributed by atoms with Gasteiger partial charge in [0.2, 0.25) is 0 Å². The SMILES string of the molecule is CC1(C)CCCN(c2ccc(F)cc2N)CC1. The van der Waals surface area contributed by atoms with Crippen molar-refractivity contribution in [3.05, 3.63) is 24.0 Å². The largest absolute Gasteiger partial charge is 0.397 e. The lowest BCUT2D eigenvalue weighted by Gasteiger charge is -2.26. The molecule has 17 heavy (non-hydrogen) atoms. The second-order valence-electron chi connectivity index (χ2n) is 5.71. The van der Waals surface area contributed by atoms with Crippen molar-refractivity contribution in [2.45, 2.75) is 33.1 Å². The summed E-state index contributed by atoms with van der Waals surface area (Å²) in [6, 6.07) is 4.69. The summed E-state index contributed by atoms with van der Waals surface area (Å²) in [6.45, 7) is 6.64. The molecule has 0 aromatic heterocycles. The highest BCUT2D eigenvalue weighted by molar-refractivity contribution is 5.67. The highest BCUT2D eigenvalue weighted by atomic mass is 19.1. The topological polar surface area (TPSA) is 29.3 Å². The fourth-order valence-electron chi connectivity index (χ4n) is 2.48. The maximum Gasteiger partial charge on any atom is 0.125 e. The van der Waals surface area contributed by atoms with Gasteiger partial charge in [-0.25, -0.2) is 4.39 Å². The van der Waals surface area contributed by atoms with E-state index in [0.29, 0.717) is 11.1 Å². The second kappa shape index (κ2) is 4.55. The van der Waals surface area contributed by atoms with E-state index < -0.39 is 0 Å². The molecule has 0 radical (unpaired) electrons. The third kappa shape index (κ3) is 2.90. The van der Waals surface area contributed by atoms with Crippen LogP contribution in [0.5, 0.6) is 0 Å². The number of benzene rings is 1. The Morgan fingerprint density at radius 1 is 1.24 bits per heavy atom. The van der Waals surface area contributed by atoms with E-state index in [1.54, 1.807) is 6.07 Å². The first kappa shape index (κ1) is 12.2. The first-order valence-electron chi connectivity index (χ1n) is 6.28. The quantitative estimate of drug-likeness (QED) is 0.757. The van der Waals surface area contributed by atoms with Gasteiger partial charge in [0.1, 0.15) is 5.82 Å². The van der Waals surface area contributed by atoms with Gasteiger partial charge in [-0.15, -0.1) is 0 Å². The summed E-state index contributed by atoms with van der Waals surface area (Å²) in [4.78, 5) is 2.28. The number of nitrogen functional groups attached to an aromatic ring is 1. The molecule has 1 saturated heterocycles. The Kier molecular flexibility index (Phi) is 3.27. The van der Waals surface area contributed by atoms with Crippen LogP contribution in [0, 0.1) is 11.2 Å². The third-order valence-electron chi connectivity index (χ3n) is 3.67. The Hall–Kier alpha value is -1.25. The Bertz CT molecular complexity index is 401. The van der Waals surface area contributed by atoms with E-state index in [9.17, 15) is 4.39 Å². The fraction of sp³-hybridized carbons (Fsp3) is 0.571. The zero-order valence-corrected chi connectivity index (χ0v) is 10.7. The van der Waals surface area contributed by atoms with Gasteiger partial charge in [-0.05, 0) is 42.9 Å². The Labute approximate surface area is 103 Å².